The maximum absolute atomic E-state index is 11.9. The summed E-state index contributed by atoms with van der Waals surface area (Å²) in [4.78, 5) is 23.6. The molecule has 7 heteroatoms. The molecule has 0 saturated carbocycles. The van der Waals surface area contributed by atoms with Crippen LogP contribution in [0.5, 0.6) is 5.75 Å². The number of benzene rings is 1. The monoisotopic (exact) mass is 336 g/mol. The normalized spacial score (nSPS) is 16.4. The number of carbonyl (C=O) groups excluding carboxylic acids is 2. The molecule has 0 spiro atoms. The second kappa shape index (κ2) is 8.65. The number of methoxy groups -OCH3 is 1. The molecule has 3 N–H and O–H groups in total. The predicted molar refractivity (Wildman–Crippen MR) is 87.3 cm³/mol. The molecule has 0 unspecified atom stereocenters. The molecule has 1 aliphatic rings. The first-order valence-corrected chi connectivity index (χ1v) is 7.91. The van der Waals surface area contributed by atoms with Gasteiger partial charge < -0.3 is 25.3 Å². The number of hydrogen-bond acceptors (Lipinski definition) is 5. The van der Waals surface area contributed by atoms with Gasteiger partial charge in [0.25, 0.3) is 0 Å². The molecule has 2 rings (SSSR count). The average Bonchev–Trinajstić information content (AvgIpc) is 2.61. The fourth-order valence-corrected chi connectivity index (χ4v) is 2.62. The van der Waals surface area contributed by atoms with Crippen molar-refractivity contribution in [1.29, 1.82) is 0 Å². The van der Waals surface area contributed by atoms with Crippen LogP contribution in [0.3, 0.4) is 0 Å². The van der Waals surface area contributed by atoms with Crippen LogP contribution in [-0.4, -0.2) is 45.3 Å². The second-order valence-corrected chi connectivity index (χ2v) is 5.88. The summed E-state index contributed by atoms with van der Waals surface area (Å²) in [5, 5.41) is 2.74. The molecule has 1 aromatic rings. The Morgan fingerprint density at radius 3 is 2.75 bits per heavy atom. The third kappa shape index (κ3) is 4.94. The van der Waals surface area contributed by atoms with Crippen LogP contribution in [0.15, 0.2) is 24.3 Å². The van der Waals surface area contributed by atoms with Gasteiger partial charge in [-0.15, -0.1) is 0 Å². The van der Waals surface area contributed by atoms with Crippen molar-refractivity contribution in [2.45, 2.75) is 19.4 Å². The second-order valence-electron chi connectivity index (χ2n) is 5.88. The molecule has 0 aliphatic carbocycles. The molecule has 1 saturated heterocycles. The van der Waals surface area contributed by atoms with Crippen LogP contribution < -0.4 is 15.8 Å². The third-order valence-electron chi connectivity index (χ3n) is 4.23. The van der Waals surface area contributed by atoms with Gasteiger partial charge in [0.05, 0.1) is 19.1 Å². The van der Waals surface area contributed by atoms with Gasteiger partial charge in [-0.25, -0.2) is 0 Å². The van der Waals surface area contributed by atoms with Gasteiger partial charge in [-0.3, -0.25) is 9.59 Å². The first-order chi connectivity index (χ1) is 11.6. The molecule has 0 aromatic heterocycles. The quantitative estimate of drug-likeness (QED) is 0.724. The van der Waals surface area contributed by atoms with Crippen molar-refractivity contribution in [3.05, 3.63) is 29.8 Å². The molecule has 0 bridgehead atoms. The highest BCUT2D eigenvalue weighted by Crippen LogP contribution is 2.29. The fourth-order valence-electron chi connectivity index (χ4n) is 2.62. The van der Waals surface area contributed by atoms with Crippen molar-refractivity contribution in [3.8, 4) is 5.75 Å². The Morgan fingerprint density at radius 1 is 1.33 bits per heavy atom. The van der Waals surface area contributed by atoms with E-state index in [0.717, 1.165) is 11.3 Å². The number of rotatable bonds is 8. The highest BCUT2D eigenvalue weighted by molar-refractivity contribution is 5.83. The van der Waals surface area contributed by atoms with E-state index >= 15 is 0 Å². The van der Waals surface area contributed by atoms with Gasteiger partial charge in [0.15, 0.2) is 0 Å². The van der Waals surface area contributed by atoms with Crippen LogP contribution in [0.25, 0.3) is 0 Å². The highest BCUT2D eigenvalue weighted by Gasteiger charge is 2.38. The molecule has 1 aliphatic heterocycles. The van der Waals surface area contributed by atoms with E-state index in [0.29, 0.717) is 32.7 Å². The largest absolute Gasteiger partial charge is 0.497 e. The molecule has 1 fully saturated rings. The molecular weight excluding hydrogens is 312 g/mol. The number of primary amides is 1. The Bertz CT molecular complexity index is 570. The van der Waals surface area contributed by atoms with E-state index in [9.17, 15) is 9.59 Å². The molecule has 2 amide bonds. The lowest BCUT2D eigenvalue weighted by Gasteiger charge is -2.34. The number of nitrogens with two attached hydrogens (primary N) is 1. The molecule has 1 heterocycles. The van der Waals surface area contributed by atoms with E-state index in [1.807, 2.05) is 24.3 Å². The lowest BCUT2D eigenvalue weighted by atomic mass is 9.79. The number of ether oxygens (including phenoxy) is 3. The van der Waals surface area contributed by atoms with E-state index in [4.69, 9.17) is 19.9 Å². The SMILES string of the molecule is COc1cccc(COCC(=O)NCC2(C(N)=O)CCOCC2)c1. The summed E-state index contributed by atoms with van der Waals surface area (Å²) in [6.07, 6.45) is 1.04. The van der Waals surface area contributed by atoms with Gasteiger partial charge in [-0.05, 0) is 30.5 Å². The number of carbonyl (C=O) groups is 2. The smallest absolute Gasteiger partial charge is 0.246 e. The van der Waals surface area contributed by atoms with Crippen molar-refractivity contribution in [1.82, 2.24) is 5.32 Å². The Morgan fingerprint density at radius 2 is 2.08 bits per heavy atom. The molecular formula is C17H24N2O5. The third-order valence-corrected chi connectivity index (χ3v) is 4.23. The summed E-state index contributed by atoms with van der Waals surface area (Å²) < 4.78 is 15.8. The van der Waals surface area contributed by atoms with Crippen LogP contribution >= 0.6 is 0 Å². The van der Waals surface area contributed by atoms with E-state index < -0.39 is 11.3 Å². The Balaban J connectivity index is 1.75. The van der Waals surface area contributed by atoms with Gasteiger partial charge in [0.1, 0.15) is 12.4 Å². The van der Waals surface area contributed by atoms with Gasteiger partial charge in [0, 0.05) is 19.8 Å². The maximum atomic E-state index is 11.9. The Hall–Kier alpha value is -2.12. The molecule has 1 aromatic carbocycles. The van der Waals surface area contributed by atoms with E-state index in [2.05, 4.69) is 5.32 Å². The Labute approximate surface area is 141 Å². The zero-order chi connectivity index (χ0) is 17.4. The van der Waals surface area contributed by atoms with Crippen LogP contribution in [0.1, 0.15) is 18.4 Å². The summed E-state index contributed by atoms with van der Waals surface area (Å²) in [6, 6.07) is 7.44. The summed E-state index contributed by atoms with van der Waals surface area (Å²) in [6.45, 7) is 1.39. The lowest BCUT2D eigenvalue weighted by molar-refractivity contribution is -0.134. The van der Waals surface area contributed by atoms with Crippen molar-refractivity contribution < 1.29 is 23.8 Å². The zero-order valence-corrected chi connectivity index (χ0v) is 13.9. The summed E-state index contributed by atoms with van der Waals surface area (Å²) in [5.41, 5.74) is 5.70. The number of hydrogen-bond donors (Lipinski definition) is 2. The first-order valence-electron chi connectivity index (χ1n) is 7.91. The standard InChI is InChI=1S/C17H24N2O5/c1-22-14-4-2-3-13(9-14)10-24-11-15(20)19-12-17(16(18)21)5-7-23-8-6-17/h2-4,9H,5-8,10-12H2,1H3,(H2,18,21)(H,19,20). The van der Waals surface area contributed by atoms with Gasteiger partial charge >= 0.3 is 0 Å². The minimum atomic E-state index is -0.722. The minimum Gasteiger partial charge on any atom is -0.497 e. The maximum Gasteiger partial charge on any atom is 0.246 e. The van der Waals surface area contributed by atoms with Gasteiger partial charge in [-0.2, -0.15) is 0 Å². The van der Waals surface area contributed by atoms with Crippen molar-refractivity contribution >= 4 is 11.8 Å². The zero-order valence-electron chi connectivity index (χ0n) is 13.9. The van der Waals surface area contributed by atoms with Crippen LogP contribution in [-0.2, 0) is 25.7 Å². The molecule has 0 atom stereocenters. The summed E-state index contributed by atoms with van der Waals surface area (Å²) in [5.74, 6) is 0.0666. The van der Waals surface area contributed by atoms with E-state index in [1.165, 1.54) is 0 Å². The number of nitrogens with one attached hydrogen (secondary N) is 1. The fraction of sp³-hybridized carbons (Fsp3) is 0.529. The van der Waals surface area contributed by atoms with E-state index in [-0.39, 0.29) is 19.1 Å². The first kappa shape index (κ1) is 18.2. The van der Waals surface area contributed by atoms with Crippen LogP contribution in [0.4, 0.5) is 0 Å². The molecule has 132 valence electrons. The van der Waals surface area contributed by atoms with Crippen molar-refractivity contribution in [2.75, 3.05) is 33.5 Å². The molecule has 24 heavy (non-hydrogen) atoms. The van der Waals surface area contributed by atoms with Crippen LogP contribution in [0.2, 0.25) is 0 Å². The van der Waals surface area contributed by atoms with Gasteiger partial charge in [-0.1, -0.05) is 12.1 Å². The van der Waals surface area contributed by atoms with Crippen molar-refractivity contribution in [2.24, 2.45) is 11.1 Å². The van der Waals surface area contributed by atoms with Crippen molar-refractivity contribution in [3.63, 3.8) is 0 Å². The van der Waals surface area contributed by atoms with E-state index in [1.54, 1.807) is 7.11 Å². The Kier molecular flexibility index (Phi) is 6.57. The average molecular weight is 336 g/mol. The lowest BCUT2D eigenvalue weighted by Crippen LogP contribution is -2.50. The topological polar surface area (TPSA) is 99.9 Å². The highest BCUT2D eigenvalue weighted by atomic mass is 16.5. The van der Waals surface area contributed by atoms with Crippen LogP contribution in [0, 0.1) is 5.41 Å². The summed E-state index contributed by atoms with van der Waals surface area (Å²) >= 11 is 0. The minimum absolute atomic E-state index is 0.0808. The molecule has 0 radical (unpaired) electrons. The van der Waals surface area contributed by atoms with Gasteiger partial charge in [0.2, 0.25) is 11.8 Å². The predicted octanol–water partition coefficient (Wildman–Crippen LogP) is 0.610. The summed E-state index contributed by atoms with van der Waals surface area (Å²) in [7, 11) is 1.60. The molecule has 7 nitrogen and oxygen atoms in total. The number of amides is 2.